The van der Waals surface area contributed by atoms with Crippen molar-refractivity contribution >= 4 is 11.8 Å². The molecule has 0 bridgehead atoms. The van der Waals surface area contributed by atoms with Gasteiger partial charge >= 0.3 is 0 Å². The van der Waals surface area contributed by atoms with Gasteiger partial charge in [-0.05, 0) is 25.0 Å². The first-order chi connectivity index (χ1) is 13.2. The van der Waals surface area contributed by atoms with Crippen molar-refractivity contribution in [1.82, 2.24) is 29.8 Å². The Bertz CT molecular complexity index is 878. The smallest absolute Gasteiger partial charge is 0.274 e. The molecule has 142 valence electrons. The van der Waals surface area contributed by atoms with Gasteiger partial charge in [0.25, 0.3) is 11.8 Å². The summed E-state index contributed by atoms with van der Waals surface area (Å²) in [6.45, 7) is 3.89. The third-order valence-electron chi connectivity index (χ3n) is 5.44. The van der Waals surface area contributed by atoms with Gasteiger partial charge in [-0.3, -0.25) is 19.4 Å². The molecule has 2 aromatic rings. The van der Waals surface area contributed by atoms with Gasteiger partial charge in [0.2, 0.25) is 0 Å². The fourth-order valence-corrected chi connectivity index (χ4v) is 3.68. The van der Waals surface area contributed by atoms with Crippen LogP contribution < -0.4 is 0 Å². The first kappa shape index (κ1) is 16.5. The molecule has 0 atom stereocenters. The van der Waals surface area contributed by atoms with Crippen LogP contribution in [0.2, 0.25) is 0 Å². The SMILES string of the molecule is O=C(c1cc(C2CC2)[nH]n1)N1CCn2nc(C(=O)N3CCOCC3)cc2C1. The number of hydrogen-bond donors (Lipinski definition) is 1. The number of amides is 2. The number of hydrogen-bond acceptors (Lipinski definition) is 5. The summed E-state index contributed by atoms with van der Waals surface area (Å²) < 4.78 is 7.13. The van der Waals surface area contributed by atoms with Crippen LogP contribution in [0.1, 0.15) is 51.1 Å². The number of H-pyrrole nitrogens is 1. The highest BCUT2D eigenvalue weighted by molar-refractivity contribution is 5.93. The minimum absolute atomic E-state index is 0.0700. The van der Waals surface area contributed by atoms with Crippen molar-refractivity contribution in [2.24, 2.45) is 0 Å². The molecule has 9 heteroatoms. The molecule has 1 aliphatic carbocycles. The van der Waals surface area contributed by atoms with Crippen LogP contribution in [-0.4, -0.2) is 74.4 Å². The number of aromatic amines is 1. The molecule has 0 aromatic carbocycles. The molecule has 2 aromatic heterocycles. The van der Waals surface area contributed by atoms with Gasteiger partial charge in [0, 0.05) is 31.2 Å². The summed E-state index contributed by atoms with van der Waals surface area (Å²) in [6, 6.07) is 3.68. The molecule has 1 saturated carbocycles. The van der Waals surface area contributed by atoms with E-state index in [0.29, 0.717) is 63.2 Å². The molecule has 9 nitrogen and oxygen atoms in total. The van der Waals surface area contributed by atoms with Gasteiger partial charge in [-0.2, -0.15) is 10.2 Å². The molecule has 0 unspecified atom stereocenters. The summed E-state index contributed by atoms with van der Waals surface area (Å²) in [5, 5.41) is 11.6. The van der Waals surface area contributed by atoms with Crippen LogP contribution in [0, 0.1) is 0 Å². The molecule has 4 heterocycles. The van der Waals surface area contributed by atoms with Crippen LogP contribution >= 0.6 is 0 Å². The van der Waals surface area contributed by atoms with E-state index in [0.717, 1.165) is 11.4 Å². The number of fused-ring (bicyclic) bond motifs is 1. The highest BCUT2D eigenvalue weighted by Gasteiger charge is 2.30. The van der Waals surface area contributed by atoms with Crippen LogP contribution in [0.3, 0.4) is 0 Å². The molecule has 1 N–H and O–H groups in total. The quantitative estimate of drug-likeness (QED) is 0.854. The van der Waals surface area contributed by atoms with Crippen molar-refractivity contribution in [1.29, 1.82) is 0 Å². The number of morpholine rings is 1. The Balaban J connectivity index is 1.29. The average Bonchev–Trinajstić information content (AvgIpc) is 3.28. The highest BCUT2D eigenvalue weighted by Crippen LogP contribution is 2.39. The first-order valence-electron chi connectivity index (χ1n) is 9.47. The third-order valence-corrected chi connectivity index (χ3v) is 5.44. The monoisotopic (exact) mass is 370 g/mol. The number of nitrogens with one attached hydrogen (secondary N) is 1. The van der Waals surface area contributed by atoms with E-state index < -0.39 is 0 Å². The van der Waals surface area contributed by atoms with E-state index in [1.807, 2.05) is 10.7 Å². The van der Waals surface area contributed by atoms with Crippen molar-refractivity contribution in [2.75, 3.05) is 32.8 Å². The topological polar surface area (TPSA) is 96.3 Å². The van der Waals surface area contributed by atoms with E-state index in [1.165, 1.54) is 12.8 Å². The number of ether oxygens (including phenoxy) is 1. The maximum absolute atomic E-state index is 12.8. The number of nitrogens with zero attached hydrogens (tertiary/aromatic N) is 5. The second-order valence-corrected chi connectivity index (χ2v) is 7.36. The lowest BCUT2D eigenvalue weighted by atomic mass is 10.2. The van der Waals surface area contributed by atoms with Gasteiger partial charge in [0.15, 0.2) is 5.69 Å². The van der Waals surface area contributed by atoms with E-state index >= 15 is 0 Å². The molecule has 1 saturated heterocycles. The molecule has 0 radical (unpaired) electrons. The van der Waals surface area contributed by atoms with Gasteiger partial charge in [0.1, 0.15) is 5.69 Å². The van der Waals surface area contributed by atoms with Gasteiger partial charge in [0.05, 0.1) is 32.0 Å². The molecular formula is C18H22N6O3. The summed E-state index contributed by atoms with van der Waals surface area (Å²) >= 11 is 0. The molecule has 2 fully saturated rings. The van der Waals surface area contributed by atoms with E-state index in [2.05, 4.69) is 15.3 Å². The predicted molar refractivity (Wildman–Crippen MR) is 94.3 cm³/mol. The molecule has 3 aliphatic rings. The molecule has 5 rings (SSSR count). The van der Waals surface area contributed by atoms with Crippen LogP contribution in [0.4, 0.5) is 0 Å². The second-order valence-electron chi connectivity index (χ2n) is 7.36. The van der Waals surface area contributed by atoms with Gasteiger partial charge in [-0.15, -0.1) is 0 Å². The van der Waals surface area contributed by atoms with E-state index in [9.17, 15) is 9.59 Å². The maximum atomic E-state index is 12.8. The number of rotatable bonds is 3. The van der Waals surface area contributed by atoms with Crippen molar-refractivity contribution in [3.05, 3.63) is 34.9 Å². The fourth-order valence-electron chi connectivity index (χ4n) is 3.68. The summed E-state index contributed by atoms with van der Waals surface area (Å²) in [5.74, 6) is 0.390. The van der Waals surface area contributed by atoms with Crippen molar-refractivity contribution < 1.29 is 14.3 Å². The first-order valence-corrected chi connectivity index (χ1v) is 9.47. The normalized spacial score (nSPS) is 19.9. The zero-order valence-electron chi connectivity index (χ0n) is 15.1. The van der Waals surface area contributed by atoms with Crippen molar-refractivity contribution in [3.63, 3.8) is 0 Å². The van der Waals surface area contributed by atoms with Gasteiger partial charge in [-0.1, -0.05) is 0 Å². The average molecular weight is 370 g/mol. The van der Waals surface area contributed by atoms with Crippen LogP contribution in [0.15, 0.2) is 12.1 Å². The molecule has 27 heavy (non-hydrogen) atoms. The van der Waals surface area contributed by atoms with Crippen molar-refractivity contribution in [3.8, 4) is 0 Å². The lowest BCUT2D eigenvalue weighted by Crippen LogP contribution is -2.41. The Morgan fingerprint density at radius 3 is 2.56 bits per heavy atom. The Hall–Kier alpha value is -2.68. The summed E-state index contributed by atoms with van der Waals surface area (Å²) in [6.07, 6.45) is 2.33. The van der Waals surface area contributed by atoms with Gasteiger partial charge in [-0.25, -0.2) is 0 Å². The Morgan fingerprint density at radius 1 is 1.00 bits per heavy atom. The standard InChI is InChI=1S/C18H22N6O3/c25-17(15-10-14(19-20-15)12-1-2-12)23-3-4-24-13(11-23)9-16(21-24)18(26)22-5-7-27-8-6-22/h9-10,12H,1-8,11H2,(H,19,20). The van der Waals surface area contributed by atoms with E-state index in [-0.39, 0.29) is 11.8 Å². The summed E-state index contributed by atoms with van der Waals surface area (Å²) in [5.41, 5.74) is 2.84. The molecular weight excluding hydrogens is 348 g/mol. The lowest BCUT2D eigenvalue weighted by molar-refractivity contribution is 0.0298. The van der Waals surface area contributed by atoms with Crippen LogP contribution in [0.25, 0.3) is 0 Å². The number of carbonyl (C=O) groups excluding carboxylic acids is 2. The summed E-state index contributed by atoms with van der Waals surface area (Å²) in [4.78, 5) is 28.9. The van der Waals surface area contributed by atoms with Gasteiger partial charge < -0.3 is 14.5 Å². The summed E-state index contributed by atoms with van der Waals surface area (Å²) in [7, 11) is 0. The van der Waals surface area contributed by atoms with Crippen molar-refractivity contribution in [2.45, 2.75) is 31.8 Å². The van der Waals surface area contributed by atoms with E-state index in [1.54, 1.807) is 15.9 Å². The lowest BCUT2D eigenvalue weighted by Gasteiger charge is -2.26. The zero-order valence-corrected chi connectivity index (χ0v) is 15.1. The molecule has 0 spiro atoms. The Kier molecular flexibility index (Phi) is 3.96. The number of carbonyl (C=O) groups is 2. The third kappa shape index (κ3) is 3.12. The Labute approximate surface area is 156 Å². The maximum Gasteiger partial charge on any atom is 0.274 e. The predicted octanol–water partition coefficient (Wildman–Crippen LogP) is 0.612. The zero-order chi connectivity index (χ0) is 18.4. The minimum Gasteiger partial charge on any atom is -0.378 e. The van der Waals surface area contributed by atoms with Crippen LogP contribution in [0.5, 0.6) is 0 Å². The van der Waals surface area contributed by atoms with Crippen LogP contribution in [-0.2, 0) is 17.8 Å². The Morgan fingerprint density at radius 2 is 1.78 bits per heavy atom. The number of aromatic nitrogens is 4. The molecule has 2 aliphatic heterocycles. The minimum atomic E-state index is -0.0772. The fraction of sp³-hybridized carbons (Fsp3) is 0.556. The highest BCUT2D eigenvalue weighted by atomic mass is 16.5. The molecule has 2 amide bonds. The largest absolute Gasteiger partial charge is 0.378 e. The second kappa shape index (κ2) is 6.49. The van der Waals surface area contributed by atoms with E-state index in [4.69, 9.17) is 4.74 Å².